The van der Waals surface area contributed by atoms with Crippen LogP contribution in [-0.4, -0.2) is 24.0 Å². The molecule has 0 amide bonds. The molecule has 2 bridgehead atoms. The van der Waals surface area contributed by atoms with Gasteiger partial charge in [0.05, 0.1) is 0 Å². The van der Waals surface area contributed by atoms with Gasteiger partial charge in [-0.05, 0) is 50.5 Å². The first-order chi connectivity index (χ1) is 5.86. The van der Waals surface area contributed by atoms with Gasteiger partial charge in [-0.1, -0.05) is 6.42 Å². The van der Waals surface area contributed by atoms with Crippen LogP contribution in [0.15, 0.2) is 0 Å². The van der Waals surface area contributed by atoms with E-state index in [2.05, 4.69) is 11.8 Å². The van der Waals surface area contributed by atoms with Crippen molar-refractivity contribution in [2.75, 3.05) is 13.1 Å². The SMILES string of the molecule is CC1C2CCCC2C2CCN1C2. The van der Waals surface area contributed by atoms with Crippen molar-refractivity contribution >= 4 is 0 Å². The summed E-state index contributed by atoms with van der Waals surface area (Å²) in [6, 6.07) is 0.913. The molecule has 1 saturated carbocycles. The van der Waals surface area contributed by atoms with E-state index >= 15 is 0 Å². The third kappa shape index (κ3) is 0.834. The molecular weight excluding hydrogens is 146 g/mol. The van der Waals surface area contributed by atoms with Crippen LogP contribution in [0, 0.1) is 17.8 Å². The number of hydrogen-bond donors (Lipinski definition) is 0. The summed E-state index contributed by atoms with van der Waals surface area (Å²) in [4.78, 5) is 2.73. The second kappa shape index (κ2) is 2.47. The summed E-state index contributed by atoms with van der Waals surface area (Å²) in [6.07, 6.45) is 6.10. The minimum absolute atomic E-state index is 0.913. The molecule has 1 heteroatoms. The Hall–Kier alpha value is -0.0400. The average molecular weight is 165 g/mol. The maximum absolute atomic E-state index is 2.73. The van der Waals surface area contributed by atoms with Gasteiger partial charge in [-0.25, -0.2) is 0 Å². The maximum Gasteiger partial charge on any atom is 0.00980 e. The van der Waals surface area contributed by atoms with Crippen molar-refractivity contribution in [3.8, 4) is 0 Å². The highest BCUT2D eigenvalue weighted by atomic mass is 15.2. The third-order valence-electron chi connectivity index (χ3n) is 4.68. The lowest BCUT2D eigenvalue weighted by atomic mass is 9.78. The Morgan fingerprint density at radius 3 is 2.83 bits per heavy atom. The highest BCUT2D eigenvalue weighted by Gasteiger charge is 2.46. The summed E-state index contributed by atoms with van der Waals surface area (Å²) < 4.78 is 0. The van der Waals surface area contributed by atoms with Crippen molar-refractivity contribution in [1.82, 2.24) is 4.90 Å². The van der Waals surface area contributed by atoms with Crippen LogP contribution < -0.4 is 0 Å². The molecule has 0 spiro atoms. The summed E-state index contributed by atoms with van der Waals surface area (Å²) >= 11 is 0. The number of hydrogen-bond acceptors (Lipinski definition) is 1. The van der Waals surface area contributed by atoms with E-state index in [9.17, 15) is 0 Å². The Bertz CT molecular complexity index is 185. The topological polar surface area (TPSA) is 3.24 Å². The second-order valence-corrected chi connectivity index (χ2v) is 5.04. The molecule has 3 rings (SSSR count). The first-order valence-electron chi connectivity index (χ1n) is 5.60. The van der Waals surface area contributed by atoms with Crippen LogP contribution in [0.25, 0.3) is 0 Å². The Morgan fingerprint density at radius 2 is 1.92 bits per heavy atom. The molecule has 0 radical (unpaired) electrons. The molecule has 1 aliphatic carbocycles. The van der Waals surface area contributed by atoms with Gasteiger partial charge in [-0.15, -0.1) is 0 Å². The predicted molar refractivity (Wildman–Crippen MR) is 50.0 cm³/mol. The molecule has 2 saturated heterocycles. The number of nitrogens with zero attached hydrogens (tertiary/aromatic N) is 1. The van der Waals surface area contributed by atoms with Gasteiger partial charge in [0.2, 0.25) is 0 Å². The molecule has 68 valence electrons. The lowest BCUT2D eigenvalue weighted by Gasteiger charge is -2.39. The zero-order chi connectivity index (χ0) is 8.13. The van der Waals surface area contributed by atoms with Gasteiger partial charge in [0.25, 0.3) is 0 Å². The van der Waals surface area contributed by atoms with E-state index in [0.29, 0.717) is 0 Å². The highest BCUT2D eigenvalue weighted by molar-refractivity contribution is 4.98. The van der Waals surface area contributed by atoms with Crippen LogP contribution in [0.4, 0.5) is 0 Å². The van der Waals surface area contributed by atoms with E-state index in [4.69, 9.17) is 0 Å². The van der Waals surface area contributed by atoms with Gasteiger partial charge in [0.1, 0.15) is 0 Å². The van der Waals surface area contributed by atoms with Crippen molar-refractivity contribution in [1.29, 1.82) is 0 Å². The van der Waals surface area contributed by atoms with Crippen LogP contribution in [-0.2, 0) is 0 Å². The van der Waals surface area contributed by atoms with Crippen LogP contribution in [0.1, 0.15) is 32.6 Å². The van der Waals surface area contributed by atoms with Crippen LogP contribution in [0.3, 0.4) is 0 Å². The van der Waals surface area contributed by atoms with Gasteiger partial charge in [-0.2, -0.15) is 0 Å². The molecule has 12 heavy (non-hydrogen) atoms. The molecule has 0 aromatic carbocycles. The van der Waals surface area contributed by atoms with E-state index in [1.165, 1.54) is 32.4 Å². The van der Waals surface area contributed by atoms with E-state index in [1.807, 2.05) is 0 Å². The smallest absolute Gasteiger partial charge is 0.00980 e. The second-order valence-electron chi connectivity index (χ2n) is 5.04. The van der Waals surface area contributed by atoms with E-state index < -0.39 is 0 Å². The fourth-order valence-electron chi connectivity index (χ4n) is 4.01. The molecule has 0 aromatic rings. The first-order valence-corrected chi connectivity index (χ1v) is 5.60. The first kappa shape index (κ1) is 7.37. The van der Waals surface area contributed by atoms with Crippen LogP contribution in [0.2, 0.25) is 0 Å². The van der Waals surface area contributed by atoms with Crippen LogP contribution >= 0.6 is 0 Å². The number of piperidine rings is 1. The zero-order valence-corrected chi connectivity index (χ0v) is 8.00. The van der Waals surface area contributed by atoms with Crippen LogP contribution in [0.5, 0.6) is 0 Å². The number of rotatable bonds is 0. The number of fused-ring (bicyclic) bond motifs is 4. The van der Waals surface area contributed by atoms with E-state index in [-0.39, 0.29) is 0 Å². The lowest BCUT2D eigenvalue weighted by Crippen LogP contribution is -2.44. The predicted octanol–water partition coefficient (Wildman–Crippen LogP) is 2.13. The Labute approximate surface area is 75.1 Å². The lowest BCUT2D eigenvalue weighted by molar-refractivity contribution is 0.0894. The van der Waals surface area contributed by atoms with Gasteiger partial charge in [0.15, 0.2) is 0 Å². The fourth-order valence-corrected chi connectivity index (χ4v) is 4.01. The zero-order valence-electron chi connectivity index (χ0n) is 8.00. The Balaban J connectivity index is 1.89. The molecule has 1 nitrogen and oxygen atoms in total. The van der Waals surface area contributed by atoms with Gasteiger partial charge in [0, 0.05) is 12.6 Å². The molecule has 0 N–H and O–H groups in total. The minimum Gasteiger partial charge on any atom is -0.300 e. The summed E-state index contributed by atoms with van der Waals surface area (Å²) in [6.45, 7) is 5.30. The summed E-state index contributed by atoms with van der Waals surface area (Å²) in [5.74, 6) is 3.29. The summed E-state index contributed by atoms with van der Waals surface area (Å²) in [7, 11) is 0. The Morgan fingerprint density at radius 1 is 1.08 bits per heavy atom. The molecule has 3 aliphatic rings. The summed E-state index contributed by atoms with van der Waals surface area (Å²) in [5.41, 5.74) is 0. The van der Waals surface area contributed by atoms with Crippen molar-refractivity contribution in [3.63, 3.8) is 0 Å². The van der Waals surface area contributed by atoms with E-state index in [1.54, 1.807) is 6.42 Å². The largest absolute Gasteiger partial charge is 0.300 e. The molecule has 2 aliphatic heterocycles. The monoisotopic (exact) mass is 165 g/mol. The van der Waals surface area contributed by atoms with Crippen molar-refractivity contribution in [2.45, 2.75) is 38.6 Å². The normalized spacial score (nSPS) is 57.2. The molecule has 3 fully saturated rings. The minimum atomic E-state index is 0.913. The van der Waals surface area contributed by atoms with Gasteiger partial charge in [-0.3, -0.25) is 0 Å². The molecule has 0 aromatic heterocycles. The maximum atomic E-state index is 2.73. The Kier molecular flexibility index (Phi) is 1.52. The van der Waals surface area contributed by atoms with Crippen molar-refractivity contribution < 1.29 is 0 Å². The van der Waals surface area contributed by atoms with E-state index in [0.717, 1.165) is 23.8 Å². The average Bonchev–Trinajstić information content (AvgIpc) is 2.69. The highest BCUT2D eigenvalue weighted by Crippen LogP contribution is 2.48. The van der Waals surface area contributed by atoms with Crippen molar-refractivity contribution in [2.24, 2.45) is 17.8 Å². The van der Waals surface area contributed by atoms with Gasteiger partial charge >= 0.3 is 0 Å². The fraction of sp³-hybridized carbons (Fsp3) is 1.00. The third-order valence-corrected chi connectivity index (χ3v) is 4.68. The molecule has 5 unspecified atom stereocenters. The standard InChI is InChI=1S/C11H19N/c1-8-10-3-2-4-11(10)9-5-6-12(8)7-9/h8-11H,2-7H2,1H3. The van der Waals surface area contributed by atoms with Crippen molar-refractivity contribution in [3.05, 3.63) is 0 Å². The molecule has 2 heterocycles. The molecule has 5 atom stereocenters. The quantitative estimate of drug-likeness (QED) is 0.531. The summed E-state index contributed by atoms with van der Waals surface area (Å²) in [5, 5.41) is 0. The van der Waals surface area contributed by atoms with Gasteiger partial charge < -0.3 is 4.90 Å². The molecular formula is C11H19N.